The summed E-state index contributed by atoms with van der Waals surface area (Å²) in [5.74, 6) is 1.09. The minimum Gasteiger partial charge on any atom is -0.377 e. The highest BCUT2D eigenvalue weighted by Gasteiger charge is 2.10. The van der Waals surface area contributed by atoms with Crippen LogP contribution in [0.15, 0.2) is 45.1 Å². The number of anilines is 1. The van der Waals surface area contributed by atoms with Crippen molar-refractivity contribution in [1.82, 2.24) is 0 Å². The second kappa shape index (κ2) is 6.64. The van der Waals surface area contributed by atoms with Crippen molar-refractivity contribution in [2.24, 2.45) is 0 Å². The van der Waals surface area contributed by atoms with Crippen LogP contribution in [-0.4, -0.2) is 5.75 Å². The van der Waals surface area contributed by atoms with Gasteiger partial charge in [0, 0.05) is 15.5 Å². The van der Waals surface area contributed by atoms with Crippen LogP contribution in [0.5, 0.6) is 0 Å². The van der Waals surface area contributed by atoms with E-state index in [9.17, 15) is 0 Å². The van der Waals surface area contributed by atoms with E-state index >= 15 is 0 Å². The molecule has 0 saturated heterocycles. The second-order valence-electron chi connectivity index (χ2n) is 3.94. The second-order valence-corrected chi connectivity index (χ2v) is 7.74. The number of para-hydroxylation sites is 1. The molecule has 0 fully saturated rings. The average Bonchev–Trinajstić information content (AvgIpc) is 2.79. The molecule has 1 unspecified atom stereocenters. The van der Waals surface area contributed by atoms with E-state index in [1.807, 2.05) is 11.8 Å². The third-order valence-electron chi connectivity index (χ3n) is 2.58. The minimum atomic E-state index is 0.333. The fraction of sp³-hybridized carbons (Fsp3) is 0.286. The average molecular weight is 342 g/mol. The van der Waals surface area contributed by atoms with E-state index in [1.54, 1.807) is 11.3 Å². The van der Waals surface area contributed by atoms with E-state index in [1.165, 1.54) is 19.2 Å². The molecule has 1 aromatic carbocycles. The van der Waals surface area contributed by atoms with Gasteiger partial charge in [-0.1, -0.05) is 19.1 Å². The Morgan fingerprint density at radius 2 is 2.06 bits per heavy atom. The van der Waals surface area contributed by atoms with Crippen molar-refractivity contribution in [1.29, 1.82) is 0 Å². The molecule has 1 aromatic heterocycles. The molecule has 0 aliphatic carbocycles. The first-order valence-electron chi connectivity index (χ1n) is 5.94. The van der Waals surface area contributed by atoms with Gasteiger partial charge in [-0.2, -0.15) is 0 Å². The number of hydrogen-bond donors (Lipinski definition) is 1. The first-order valence-corrected chi connectivity index (χ1v) is 8.53. The quantitative estimate of drug-likeness (QED) is 0.690. The molecule has 0 aliphatic rings. The van der Waals surface area contributed by atoms with Gasteiger partial charge in [0.2, 0.25) is 0 Å². The van der Waals surface area contributed by atoms with Gasteiger partial charge in [0.1, 0.15) is 0 Å². The maximum Gasteiger partial charge on any atom is 0.0702 e. The lowest BCUT2D eigenvalue weighted by molar-refractivity contribution is 0.902. The standard InChI is InChI=1S/C14H16BrNS2/c1-3-17-13-7-5-4-6-11(13)16-10(2)12-8-9-14(15)18-12/h4-10,16H,3H2,1-2H3. The number of benzene rings is 1. The Morgan fingerprint density at radius 3 is 2.72 bits per heavy atom. The van der Waals surface area contributed by atoms with E-state index in [2.05, 4.69) is 71.5 Å². The van der Waals surface area contributed by atoms with Gasteiger partial charge < -0.3 is 5.32 Å². The lowest BCUT2D eigenvalue weighted by Gasteiger charge is -2.16. The van der Waals surface area contributed by atoms with E-state index in [0.29, 0.717) is 6.04 Å². The number of nitrogens with one attached hydrogen (secondary N) is 1. The zero-order valence-corrected chi connectivity index (χ0v) is 13.7. The maximum atomic E-state index is 3.59. The molecule has 0 bridgehead atoms. The lowest BCUT2D eigenvalue weighted by Crippen LogP contribution is -2.05. The maximum absolute atomic E-state index is 3.59. The zero-order valence-electron chi connectivity index (χ0n) is 10.4. The van der Waals surface area contributed by atoms with E-state index in [0.717, 1.165) is 5.75 Å². The minimum absolute atomic E-state index is 0.333. The van der Waals surface area contributed by atoms with Crippen LogP contribution in [0.2, 0.25) is 0 Å². The van der Waals surface area contributed by atoms with Gasteiger partial charge in [-0.25, -0.2) is 0 Å². The third-order valence-corrected chi connectivity index (χ3v) is 5.34. The van der Waals surface area contributed by atoms with Crippen LogP contribution in [0.25, 0.3) is 0 Å². The topological polar surface area (TPSA) is 12.0 Å². The Labute approximate surface area is 125 Å². The highest BCUT2D eigenvalue weighted by atomic mass is 79.9. The summed E-state index contributed by atoms with van der Waals surface area (Å²) in [5.41, 5.74) is 1.22. The van der Waals surface area contributed by atoms with Crippen LogP contribution >= 0.6 is 39.0 Å². The largest absolute Gasteiger partial charge is 0.377 e. The Hall–Kier alpha value is -0.450. The summed E-state index contributed by atoms with van der Waals surface area (Å²) in [6.45, 7) is 4.38. The third kappa shape index (κ3) is 3.53. The van der Waals surface area contributed by atoms with Gasteiger partial charge >= 0.3 is 0 Å². The molecule has 0 saturated carbocycles. The molecule has 4 heteroatoms. The summed E-state index contributed by atoms with van der Waals surface area (Å²) in [4.78, 5) is 2.67. The Balaban J connectivity index is 2.13. The Kier molecular flexibility index (Phi) is 5.15. The normalized spacial score (nSPS) is 12.4. The predicted octanol–water partition coefficient (Wildman–Crippen LogP) is 5.80. The molecular weight excluding hydrogens is 326 g/mol. The van der Waals surface area contributed by atoms with Gasteiger partial charge in [0.15, 0.2) is 0 Å². The monoisotopic (exact) mass is 341 g/mol. The van der Waals surface area contributed by atoms with Crippen molar-refractivity contribution in [3.8, 4) is 0 Å². The number of thioether (sulfide) groups is 1. The number of thiophene rings is 1. The molecule has 1 N–H and O–H groups in total. The van der Waals surface area contributed by atoms with Crippen molar-refractivity contribution in [2.75, 3.05) is 11.1 Å². The van der Waals surface area contributed by atoms with E-state index < -0.39 is 0 Å². The van der Waals surface area contributed by atoms with Crippen LogP contribution < -0.4 is 5.32 Å². The molecule has 1 atom stereocenters. The first kappa shape index (κ1) is 14.0. The van der Waals surface area contributed by atoms with Crippen molar-refractivity contribution in [3.63, 3.8) is 0 Å². The fourth-order valence-electron chi connectivity index (χ4n) is 1.73. The molecule has 0 aliphatic heterocycles. The summed E-state index contributed by atoms with van der Waals surface area (Å²) < 4.78 is 1.18. The van der Waals surface area contributed by atoms with Crippen molar-refractivity contribution in [3.05, 3.63) is 45.1 Å². The number of halogens is 1. The molecule has 0 spiro atoms. The van der Waals surface area contributed by atoms with Crippen LogP contribution in [0.3, 0.4) is 0 Å². The molecular formula is C14H16BrNS2. The smallest absolute Gasteiger partial charge is 0.0702 e. The van der Waals surface area contributed by atoms with Crippen LogP contribution in [0.4, 0.5) is 5.69 Å². The number of hydrogen-bond acceptors (Lipinski definition) is 3. The zero-order chi connectivity index (χ0) is 13.0. The summed E-state index contributed by atoms with van der Waals surface area (Å²) in [5, 5.41) is 3.59. The van der Waals surface area contributed by atoms with E-state index in [4.69, 9.17) is 0 Å². The van der Waals surface area contributed by atoms with Crippen LogP contribution in [0.1, 0.15) is 24.8 Å². The molecule has 2 rings (SSSR count). The highest BCUT2D eigenvalue weighted by Crippen LogP contribution is 2.32. The van der Waals surface area contributed by atoms with Gasteiger partial charge in [-0.3, -0.25) is 0 Å². The fourth-order valence-corrected chi connectivity index (χ4v) is 3.93. The summed E-state index contributed by atoms with van der Waals surface area (Å²) in [6, 6.07) is 13.1. The number of rotatable bonds is 5. The van der Waals surface area contributed by atoms with Crippen molar-refractivity contribution in [2.45, 2.75) is 24.8 Å². The summed E-state index contributed by atoms with van der Waals surface area (Å²) in [6.07, 6.45) is 0. The van der Waals surface area contributed by atoms with E-state index in [-0.39, 0.29) is 0 Å². The molecule has 2 aromatic rings. The van der Waals surface area contributed by atoms with Gasteiger partial charge in [-0.15, -0.1) is 23.1 Å². The van der Waals surface area contributed by atoms with Crippen LogP contribution in [-0.2, 0) is 0 Å². The summed E-state index contributed by atoms with van der Waals surface area (Å²) >= 11 is 7.17. The molecule has 1 heterocycles. The van der Waals surface area contributed by atoms with Gasteiger partial charge in [0.25, 0.3) is 0 Å². The predicted molar refractivity (Wildman–Crippen MR) is 86.9 cm³/mol. The molecule has 0 amide bonds. The Bertz CT molecular complexity index is 510. The summed E-state index contributed by atoms with van der Waals surface area (Å²) in [7, 11) is 0. The molecule has 96 valence electrons. The van der Waals surface area contributed by atoms with Gasteiger partial charge in [0.05, 0.1) is 9.83 Å². The van der Waals surface area contributed by atoms with Crippen molar-refractivity contribution >= 4 is 44.7 Å². The molecule has 18 heavy (non-hydrogen) atoms. The molecule has 1 nitrogen and oxygen atoms in total. The SMILES string of the molecule is CCSc1ccccc1NC(C)c1ccc(Br)s1. The lowest BCUT2D eigenvalue weighted by atomic mass is 10.2. The van der Waals surface area contributed by atoms with Gasteiger partial charge in [-0.05, 0) is 52.9 Å². The van der Waals surface area contributed by atoms with Crippen molar-refractivity contribution < 1.29 is 0 Å². The highest BCUT2D eigenvalue weighted by molar-refractivity contribution is 9.11. The first-order chi connectivity index (χ1) is 8.70. The Morgan fingerprint density at radius 1 is 1.28 bits per heavy atom. The molecule has 0 radical (unpaired) electrons. The van der Waals surface area contributed by atoms with Crippen LogP contribution in [0, 0.1) is 0 Å².